The van der Waals surface area contributed by atoms with Gasteiger partial charge < -0.3 is 19.5 Å². The number of rotatable bonds is 9. The smallest absolute Gasteiger partial charge is 0.318 e. The summed E-state index contributed by atoms with van der Waals surface area (Å²) in [5.74, 6) is 1.41. The number of hydrogen-bond acceptors (Lipinski definition) is 3. The Labute approximate surface area is 184 Å². The predicted molar refractivity (Wildman–Crippen MR) is 121 cm³/mol. The van der Waals surface area contributed by atoms with Crippen molar-refractivity contribution in [3.8, 4) is 0 Å². The fraction of sp³-hybridized carbons (Fsp3) is 0.440. The van der Waals surface area contributed by atoms with E-state index in [1.807, 2.05) is 49.4 Å². The molecule has 3 rings (SSSR count). The van der Waals surface area contributed by atoms with Crippen molar-refractivity contribution in [1.29, 1.82) is 0 Å². The first kappa shape index (κ1) is 22.7. The van der Waals surface area contributed by atoms with Gasteiger partial charge in [-0.2, -0.15) is 0 Å². The van der Waals surface area contributed by atoms with E-state index in [4.69, 9.17) is 4.42 Å². The van der Waals surface area contributed by atoms with E-state index >= 15 is 0 Å². The van der Waals surface area contributed by atoms with Gasteiger partial charge in [0.25, 0.3) is 0 Å². The summed E-state index contributed by atoms with van der Waals surface area (Å²) in [4.78, 5) is 29.4. The summed E-state index contributed by atoms with van der Waals surface area (Å²) in [7, 11) is 0. The molecule has 0 aliphatic heterocycles. The molecular formula is C25H33N3O3. The summed E-state index contributed by atoms with van der Waals surface area (Å²) >= 11 is 0. The molecule has 0 unspecified atom stereocenters. The summed E-state index contributed by atoms with van der Waals surface area (Å²) in [6.07, 6.45) is 7.16. The van der Waals surface area contributed by atoms with E-state index in [1.54, 1.807) is 11.0 Å². The van der Waals surface area contributed by atoms with Crippen molar-refractivity contribution in [3.63, 3.8) is 0 Å². The van der Waals surface area contributed by atoms with Crippen LogP contribution in [0.1, 0.15) is 49.2 Å². The highest BCUT2D eigenvalue weighted by Crippen LogP contribution is 2.18. The Hall–Kier alpha value is -3.02. The van der Waals surface area contributed by atoms with Crippen LogP contribution in [0.4, 0.5) is 4.79 Å². The van der Waals surface area contributed by atoms with Crippen LogP contribution in [0.2, 0.25) is 0 Å². The van der Waals surface area contributed by atoms with Crippen molar-refractivity contribution >= 4 is 11.9 Å². The molecule has 2 aromatic rings. The Morgan fingerprint density at radius 3 is 2.45 bits per heavy atom. The summed E-state index contributed by atoms with van der Waals surface area (Å²) < 4.78 is 5.70. The Kier molecular flexibility index (Phi) is 8.33. The monoisotopic (exact) mass is 423 g/mol. The number of carbonyl (C=O) groups excluding carboxylic acids is 2. The average Bonchev–Trinajstić information content (AvgIpc) is 3.19. The van der Waals surface area contributed by atoms with Gasteiger partial charge in [0.1, 0.15) is 18.1 Å². The van der Waals surface area contributed by atoms with Crippen molar-refractivity contribution in [2.45, 2.75) is 58.2 Å². The van der Waals surface area contributed by atoms with Crippen molar-refractivity contribution in [2.75, 3.05) is 13.1 Å². The van der Waals surface area contributed by atoms with Gasteiger partial charge in [0, 0.05) is 19.1 Å². The van der Waals surface area contributed by atoms with Crippen molar-refractivity contribution in [2.24, 2.45) is 0 Å². The minimum atomic E-state index is -0.200. The van der Waals surface area contributed by atoms with Crippen molar-refractivity contribution in [1.82, 2.24) is 15.1 Å². The number of hydrogen-bond donors (Lipinski definition) is 1. The zero-order valence-corrected chi connectivity index (χ0v) is 18.4. The highest BCUT2D eigenvalue weighted by molar-refractivity contribution is 5.84. The first-order valence-corrected chi connectivity index (χ1v) is 11.1. The second-order valence-corrected chi connectivity index (χ2v) is 8.20. The molecule has 1 saturated carbocycles. The molecule has 1 aromatic carbocycles. The van der Waals surface area contributed by atoms with E-state index in [1.165, 1.54) is 11.3 Å². The topological polar surface area (TPSA) is 65.8 Å². The fourth-order valence-corrected chi connectivity index (χ4v) is 3.95. The Morgan fingerprint density at radius 2 is 1.81 bits per heavy atom. The standard InChI is InChI=1S/C25H33N3O3/c1-3-16-27(25(30)26-22-12-8-5-9-13-22)19-24(29)28(17-21-10-6-4-7-11-21)18-23-15-14-20(2)31-23/h3-4,6-7,10-11,14-15,22H,1,5,8-9,12-13,16-19H2,2H3,(H,26,30). The molecule has 31 heavy (non-hydrogen) atoms. The third-order valence-electron chi connectivity index (χ3n) is 5.61. The van der Waals surface area contributed by atoms with Gasteiger partial charge in [0.2, 0.25) is 5.91 Å². The quantitative estimate of drug-likeness (QED) is 0.597. The first-order valence-electron chi connectivity index (χ1n) is 11.1. The molecule has 6 nitrogen and oxygen atoms in total. The van der Waals surface area contributed by atoms with Crippen LogP contribution >= 0.6 is 0 Å². The van der Waals surface area contributed by atoms with E-state index in [2.05, 4.69) is 11.9 Å². The zero-order valence-electron chi connectivity index (χ0n) is 18.4. The van der Waals surface area contributed by atoms with Gasteiger partial charge in [-0.15, -0.1) is 6.58 Å². The van der Waals surface area contributed by atoms with Gasteiger partial charge in [-0.1, -0.05) is 55.7 Å². The first-order chi connectivity index (χ1) is 15.0. The minimum Gasteiger partial charge on any atom is -0.464 e. The maximum Gasteiger partial charge on any atom is 0.318 e. The molecule has 1 aliphatic carbocycles. The molecule has 1 aliphatic rings. The maximum absolute atomic E-state index is 13.3. The van der Waals surface area contributed by atoms with Crippen molar-refractivity contribution < 1.29 is 14.0 Å². The second-order valence-electron chi connectivity index (χ2n) is 8.20. The van der Waals surface area contributed by atoms with Gasteiger partial charge in [0.05, 0.1) is 6.54 Å². The molecular weight excluding hydrogens is 390 g/mol. The van der Waals surface area contributed by atoms with Crippen LogP contribution < -0.4 is 5.32 Å². The van der Waals surface area contributed by atoms with Crippen LogP contribution in [0.15, 0.2) is 59.5 Å². The predicted octanol–water partition coefficient (Wildman–Crippen LogP) is 4.65. The Morgan fingerprint density at radius 1 is 1.06 bits per heavy atom. The molecule has 1 aromatic heterocycles. The number of furan rings is 1. The number of nitrogens with zero attached hydrogens (tertiary/aromatic N) is 2. The molecule has 1 fully saturated rings. The van der Waals surface area contributed by atoms with Crippen LogP contribution in [-0.4, -0.2) is 40.9 Å². The lowest BCUT2D eigenvalue weighted by Gasteiger charge is -2.29. The van der Waals surface area contributed by atoms with E-state index in [9.17, 15) is 9.59 Å². The molecule has 166 valence electrons. The number of amides is 3. The van der Waals surface area contributed by atoms with Crippen molar-refractivity contribution in [3.05, 3.63) is 72.2 Å². The van der Waals surface area contributed by atoms with Crippen LogP contribution in [0.25, 0.3) is 0 Å². The zero-order chi connectivity index (χ0) is 22.1. The van der Waals surface area contributed by atoms with Gasteiger partial charge in [-0.25, -0.2) is 4.79 Å². The summed E-state index contributed by atoms with van der Waals surface area (Å²) in [6, 6.07) is 13.6. The molecule has 0 bridgehead atoms. The lowest BCUT2D eigenvalue weighted by Crippen LogP contribution is -2.49. The van der Waals surface area contributed by atoms with Crippen LogP contribution in [0.5, 0.6) is 0 Å². The third kappa shape index (κ3) is 7.02. The molecule has 0 radical (unpaired) electrons. The van der Waals surface area contributed by atoms with Gasteiger partial charge in [-0.05, 0) is 37.5 Å². The number of aryl methyl sites for hydroxylation is 1. The largest absolute Gasteiger partial charge is 0.464 e. The second kappa shape index (κ2) is 11.4. The number of benzene rings is 1. The van der Waals surface area contributed by atoms with Gasteiger partial charge >= 0.3 is 6.03 Å². The lowest BCUT2D eigenvalue weighted by molar-refractivity contribution is -0.133. The maximum atomic E-state index is 13.3. The number of urea groups is 1. The van der Waals surface area contributed by atoms with Crippen LogP contribution in [-0.2, 0) is 17.9 Å². The number of carbonyl (C=O) groups is 2. The van der Waals surface area contributed by atoms with Crippen LogP contribution in [0.3, 0.4) is 0 Å². The van der Waals surface area contributed by atoms with Gasteiger partial charge in [0.15, 0.2) is 0 Å². The molecule has 0 spiro atoms. The normalized spacial score (nSPS) is 14.1. The average molecular weight is 424 g/mol. The van der Waals surface area contributed by atoms with E-state index in [-0.39, 0.29) is 24.5 Å². The SMILES string of the molecule is C=CCN(CC(=O)N(Cc1ccccc1)Cc1ccc(C)o1)C(=O)NC1CCCCC1. The highest BCUT2D eigenvalue weighted by Gasteiger charge is 2.24. The molecule has 0 atom stereocenters. The lowest BCUT2D eigenvalue weighted by atomic mass is 9.96. The number of nitrogens with one attached hydrogen (secondary N) is 1. The Balaban J connectivity index is 1.69. The molecule has 1 heterocycles. The van der Waals surface area contributed by atoms with Crippen LogP contribution in [0, 0.1) is 6.92 Å². The summed E-state index contributed by atoms with van der Waals surface area (Å²) in [5, 5.41) is 3.10. The van der Waals surface area contributed by atoms with E-state index in [0.29, 0.717) is 19.6 Å². The molecule has 0 saturated heterocycles. The summed E-state index contributed by atoms with van der Waals surface area (Å²) in [6.45, 7) is 6.77. The summed E-state index contributed by atoms with van der Waals surface area (Å²) in [5.41, 5.74) is 1.03. The molecule has 1 N–H and O–H groups in total. The van der Waals surface area contributed by atoms with Gasteiger partial charge in [-0.3, -0.25) is 4.79 Å². The molecule has 3 amide bonds. The third-order valence-corrected chi connectivity index (χ3v) is 5.61. The highest BCUT2D eigenvalue weighted by atomic mass is 16.3. The van der Waals surface area contributed by atoms with E-state index < -0.39 is 0 Å². The minimum absolute atomic E-state index is 0.00288. The Bertz CT molecular complexity index is 856. The fourth-order valence-electron chi connectivity index (χ4n) is 3.95. The molecule has 6 heteroatoms. The van der Waals surface area contributed by atoms with E-state index in [0.717, 1.165) is 42.8 Å².